The molecular formula is C15H30O4Si. The molecule has 0 N–H and O–H groups in total. The van der Waals surface area contributed by atoms with Gasteiger partial charge in [-0.3, -0.25) is 0 Å². The van der Waals surface area contributed by atoms with E-state index < -0.39 is 13.8 Å². The summed E-state index contributed by atoms with van der Waals surface area (Å²) in [6.45, 7) is 6.47. The van der Waals surface area contributed by atoms with Crippen LogP contribution in [0.15, 0.2) is 12.7 Å². The summed E-state index contributed by atoms with van der Waals surface area (Å²) in [6, 6.07) is 0.964. The highest BCUT2D eigenvalue weighted by Gasteiger charge is 2.63. The fourth-order valence-electron chi connectivity index (χ4n) is 3.43. The van der Waals surface area contributed by atoms with Crippen molar-refractivity contribution in [3.8, 4) is 0 Å². The van der Waals surface area contributed by atoms with E-state index in [9.17, 15) is 0 Å². The Morgan fingerprint density at radius 2 is 2.00 bits per heavy atom. The van der Waals surface area contributed by atoms with Gasteiger partial charge in [0.25, 0.3) is 0 Å². The second kappa shape index (κ2) is 8.29. The molecule has 0 amide bonds. The molecule has 0 saturated carbocycles. The summed E-state index contributed by atoms with van der Waals surface area (Å²) < 4.78 is 23.9. The molecule has 1 fully saturated rings. The minimum atomic E-state index is -2.44. The van der Waals surface area contributed by atoms with Crippen LogP contribution >= 0.6 is 0 Å². The van der Waals surface area contributed by atoms with E-state index in [4.69, 9.17) is 18.3 Å². The third kappa shape index (κ3) is 3.17. The van der Waals surface area contributed by atoms with Crippen LogP contribution in [0, 0.1) is 0 Å². The van der Waals surface area contributed by atoms with Gasteiger partial charge in [0.2, 0.25) is 0 Å². The average molecular weight is 302 g/mol. The van der Waals surface area contributed by atoms with Crippen LogP contribution in [-0.4, -0.2) is 47.8 Å². The smallest absolute Gasteiger partial charge is 0.373 e. The summed E-state index contributed by atoms with van der Waals surface area (Å²) in [6.07, 6.45) is 7.01. The van der Waals surface area contributed by atoms with E-state index in [0.29, 0.717) is 6.61 Å². The van der Waals surface area contributed by atoms with Crippen LogP contribution in [0.4, 0.5) is 0 Å². The highest BCUT2D eigenvalue weighted by Crippen LogP contribution is 2.44. The Balaban J connectivity index is 3.10. The average Bonchev–Trinajstić information content (AvgIpc) is 2.50. The van der Waals surface area contributed by atoms with E-state index >= 15 is 0 Å². The molecule has 0 aromatic rings. The van der Waals surface area contributed by atoms with Crippen LogP contribution < -0.4 is 0 Å². The Bertz CT molecular complexity index is 294. The first kappa shape index (κ1) is 17.8. The molecule has 2 unspecified atom stereocenters. The van der Waals surface area contributed by atoms with Gasteiger partial charge < -0.3 is 18.3 Å². The van der Waals surface area contributed by atoms with Crippen LogP contribution in [0.5, 0.6) is 0 Å². The number of rotatable bonds is 9. The van der Waals surface area contributed by atoms with Crippen molar-refractivity contribution in [1.29, 1.82) is 0 Å². The van der Waals surface area contributed by atoms with Crippen LogP contribution in [0.1, 0.15) is 39.0 Å². The molecule has 2 atom stereocenters. The van der Waals surface area contributed by atoms with Crippen molar-refractivity contribution in [1.82, 2.24) is 0 Å². The Morgan fingerprint density at radius 1 is 1.30 bits per heavy atom. The Kier molecular flexibility index (Phi) is 7.40. The highest BCUT2D eigenvalue weighted by atomic mass is 28.4. The second-order valence-corrected chi connectivity index (χ2v) is 9.03. The number of unbranched alkanes of at least 4 members (excludes halogenated alkanes) is 1. The van der Waals surface area contributed by atoms with Gasteiger partial charge in [0.05, 0.1) is 12.7 Å². The van der Waals surface area contributed by atoms with Crippen molar-refractivity contribution in [2.45, 2.75) is 56.4 Å². The van der Waals surface area contributed by atoms with Gasteiger partial charge in [-0.25, -0.2) is 0 Å². The quantitative estimate of drug-likeness (QED) is 0.484. The van der Waals surface area contributed by atoms with Gasteiger partial charge >= 0.3 is 8.56 Å². The molecule has 1 rings (SSSR count). The predicted octanol–water partition coefficient (Wildman–Crippen LogP) is 3.20. The monoisotopic (exact) mass is 302 g/mol. The van der Waals surface area contributed by atoms with E-state index in [1.165, 1.54) is 0 Å². The van der Waals surface area contributed by atoms with E-state index in [1.54, 1.807) is 27.4 Å². The lowest BCUT2D eigenvalue weighted by Crippen LogP contribution is -2.71. The SMILES string of the molecule is C=CCOC1CCC[Si](OC)(OC)C1(CCCC)OC. The molecule has 0 aliphatic carbocycles. The molecule has 20 heavy (non-hydrogen) atoms. The van der Waals surface area contributed by atoms with Crippen molar-refractivity contribution in [2.24, 2.45) is 0 Å². The summed E-state index contributed by atoms with van der Waals surface area (Å²) in [5, 5.41) is -0.423. The fraction of sp³-hybridized carbons (Fsp3) is 0.867. The maximum atomic E-state index is 6.04. The highest BCUT2D eigenvalue weighted by molar-refractivity contribution is 6.71. The third-order valence-electron chi connectivity index (χ3n) is 4.48. The molecule has 0 bridgehead atoms. The maximum Gasteiger partial charge on any atom is 0.373 e. The minimum absolute atomic E-state index is 0.0253. The van der Waals surface area contributed by atoms with Gasteiger partial charge in [0.1, 0.15) is 5.22 Å². The normalized spacial score (nSPS) is 29.3. The summed E-state index contributed by atoms with van der Waals surface area (Å²) in [7, 11) is 2.84. The van der Waals surface area contributed by atoms with Crippen molar-refractivity contribution < 1.29 is 18.3 Å². The maximum absolute atomic E-state index is 6.04. The standard InChI is InChI=1S/C15H30O4Si/c1-6-8-11-15(16-3)14(19-12-7-2)10-9-13-20(15,17-4)18-5/h7,14H,2,6,8-13H2,1,3-5H3. The molecule has 118 valence electrons. The molecule has 1 saturated heterocycles. The lowest BCUT2D eigenvalue weighted by atomic mass is 10.0. The molecule has 0 aromatic heterocycles. The Hall–Kier alpha value is -0.203. The molecule has 1 aliphatic heterocycles. The predicted molar refractivity (Wildman–Crippen MR) is 83.0 cm³/mol. The lowest BCUT2D eigenvalue weighted by molar-refractivity contribution is -0.118. The van der Waals surface area contributed by atoms with Crippen molar-refractivity contribution in [3.63, 3.8) is 0 Å². The first-order chi connectivity index (χ1) is 9.66. The van der Waals surface area contributed by atoms with Gasteiger partial charge in [-0.15, -0.1) is 6.58 Å². The molecule has 4 nitrogen and oxygen atoms in total. The zero-order valence-corrected chi connectivity index (χ0v) is 14.4. The molecule has 5 heteroatoms. The zero-order chi connectivity index (χ0) is 15.1. The van der Waals surface area contributed by atoms with Crippen molar-refractivity contribution in [3.05, 3.63) is 12.7 Å². The van der Waals surface area contributed by atoms with Crippen LogP contribution in [0.3, 0.4) is 0 Å². The molecule has 0 aromatic carbocycles. The minimum Gasteiger partial charge on any atom is -0.396 e. The second-order valence-electron chi connectivity index (χ2n) is 5.36. The lowest BCUT2D eigenvalue weighted by Gasteiger charge is -2.51. The van der Waals surface area contributed by atoms with Crippen LogP contribution in [0.2, 0.25) is 6.04 Å². The van der Waals surface area contributed by atoms with E-state index in [1.807, 2.05) is 0 Å². The Labute approximate surface area is 124 Å². The van der Waals surface area contributed by atoms with Crippen molar-refractivity contribution >= 4 is 8.56 Å². The molecule has 1 aliphatic rings. The molecule has 0 radical (unpaired) electrons. The number of hydrogen-bond acceptors (Lipinski definition) is 4. The van der Waals surface area contributed by atoms with Gasteiger partial charge in [0, 0.05) is 21.3 Å². The van der Waals surface area contributed by atoms with Crippen LogP contribution in [0.25, 0.3) is 0 Å². The van der Waals surface area contributed by atoms with Crippen molar-refractivity contribution in [2.75, 3.05) is 27.9 Å². The molecule has 0 spiro atoms. The third-order valence-corrected chi connectivity index (χ3v) is 8.87. The summed E-state index contributed by atoms with van der Waals surface area (Å²) >= 11 is 0. The number of hydrogen-bond donors (Lipinski definition) is 0. The number of methoxy groups -OCH3 is 1. The van der Waals surface area contributed by atoms with Gasteiger partial charge in [-0.05, 0) is 25.3 Å². The summed E-state index contributed by atoms with van der Waals surface area (Å²) in [4.78, 5) is 0. The summed E-state index contributed by atoms with van der Waals surface area (Å²) in [5.74, 6) is 0. The first-order valence-corrected chi connectivity index (χ1v) is 9.56. The van der Waals surface area contributed by atoms with Crippen LogP contribution in [-0.2, 0) is 18.3 Å². The van der Waals surface area contributed by atoms with Gasteiger partial charge in [-0.2, -0.15) is 0 Å². The van der Waals surface area contributed by atoms with E-state index in [0.717, 1.165) is 38.1 Å². The molecular weight excluding hydrogens is 272 g/mol. The summed E-state index contributed by atoms with van der Waals surface area (Å²) in [5.41, 5.74) is 0. The van der Waals surface area contributed by atoms with E-state index in [-0.39, 0.29) is 6.10 Å². The largest absolute Gasteiger partial charge is 0.396 e. The molecule has 1 heterocycles. The van der Waals surface area contributed by atoms with E-state index in [2.05, 4.69) is 13.5 Å². The zero-order valence-electron chi connectivity index (χ0n) is 13.4. The number of ether oxygens (including phenoxy) is 2. The Morgan fingerprint density at radius 3 is 2.50 bits per heavy atom. The first-order valence-electron chi connectivity index (χ1n) is 7.54. The fourth-order valence-corrected chi connectivity index (χ4v) is 7.37. The van der Waals surface area contributed by atoms with Gasteiger partial charge in [-0.1, -0.05) is 25.8 Å². The van der Waals surface area contributed by atoms with Gasteiger partial charge in [0.15, 0.2) is 0 Å². The topological polar surface area (TPSA) is 36.9 Å².